The molecule has 0 fully saturated rings. The molecule has 30 heavy (non-hydrogen) atoms. The number of nitrogens with one attached hydrogen (secondary N) is 4. The Hall–Kier alpha value is -2.99. The van der Waals surface area contributed by atoms with Gasteiger partial charge in [0.2, 0.25) is 17.7 Å². The van der Waals surface area contributed by atoms with Gasteiger partial charge in [0, 0.05) is 18.3 Å². The van der Waals surface area contributed by atoms with Crippen LogP contribution in [0, 0.1) is 5.92 Å². The molecule has 12 nitrogen and oxygen atoms in total. The first kappa shape index (κ1) is 25.0. The number of hydrogen-bond acceptors (Lipinski definition) is 7. The number of aliphatic hydroxyl groups is 1. The van der Waals surface area contributed by atoms with Crippen molar-refractivity contribution >= 4 is 23.7 Å². The molecule has 1 aromatic heterocycles. The summed E-state index contributed by atoms with van der Waals surface area (Å²) in [5.41, 5.74) is 5.89. The number of rotatable bonds is 12. The third-order valence-electron chi connectivity index (χ3n) is 4.20. The average Bonchev–Trinajstić information content (AvgIpc) is 3.16. The van der Waals surface area contributed by atoms with Crippen LogP contribution in [0.15, 0.2) is 12.5 Å². The van der Waals surface area contributed by atoms with Gasteiger partial charge in [-0.3, -0.25) is 14.4 Å². The quantitative estimate of drug-likeness (QED) is 0.196. The number of nitrogens with two attached hydrogens (primary N) is 1. The minimum absolute atomic E-state index is 0.0134. The lowest BCUT2D eigenvalue weighted by molar-refractivity contribution is -0.145. The molecule has 3 amide bonds. The minimum Gasteiger partial charge on any atom is -0.480 e. The maximum atomic E-state index is 12.8. The molecule has 0 aromatic carbocycles. The van der Waals surface area contributed by atoms with Gasteiger partial charge in [-0.15, -0.1) is 0 Å². The van der Waals surface area contributed by atoms with E-state index >= 15 is 0 Å². The number of aromatic nitrogens is 2. The number of carbonyl (C=O) groups excluding carboxylic acids is 3. The van der Waals surface area contributed by atoms with Crippen LogP contribution in [-0.4, -0.2) is 74.6 Å². The van der Waals surface area contributed by atoms with Gasteiger partial charge in [-0.05, 0) is 19.3 Å². The Labute approximate surface area is 174 Å². The molecule has 168 valence electrons. The Balaban J connectivity index is 2.97. The zero-order valence-electron chi connectivity index (χ0n) is 17.2. The second-order valence-electron chi connectivity index (χ2n) is 7.36. The van der Waals surface area contributed by atoms with Gasteiger partial charge >= 0.3 is 5.97 Å². The van der Waals surface area contributed by atoms with Crippen molar-refractivity contribution in [1.82, 2.24) is 25.9 Å². The van der Waals surface area contributed by atoms with E-state index in [2.05, 4.69) is 25.9 Å². The molecule has 1 aromatic rings. The van der Waals surface area contributed by atoms with Crippen LogP contribution in [0.5, 0.6) is 0 Å². The Morgan fingerprint density at radius 1 is 1.10 bits per heavy atom. The number of carbonyl (C=O) groups is 4. The maximum absolute atomic E-state index is 12.8. The van der Waals surface area contributed by atoms with Crippen LogP contribution in [0.4, 0.5) is 0 Å². The van der Waals surface area contributed by atoms with Crippen LogP contribution in [0.25, 0.3) is 0 Å². The second-order valence-corrected chi connectivity index (χ2v) is 7.36. The molecule has 0 saturated carbocycles. The van der Waals surface area contributed by atoms with Crippen LogP contribution in [0.1, 0.15) is 32.9 Å². The lowest BCUT2D eigenvalue weighted by atomic mass is 10.0. The Kier molecular flexibility index (Phi) is 9.92. The van der Waals surface area contributed by atoms with E-state index in [4.69, 9.17) is 10.8 Å². The van der Waals surface area contributed by atoms with Crippen LogP contribution in [0.3, 0.4) is 0 Å². The van der Waals surface area contributed by atoms with Gasteiger partial charge in [0.1, 0.15) is 12.1 Å². The van der Waals surface area contributed by atoms with Gasteiger partial charge in [0.15, 0.2) is 6.04 Å². The number of nitrogens with zero attached hydrogens (tertiary/aromatic N) is 1. The summed E-state index contributed by atoms with van der Waals surface area (Å²) in [6, 6.07) is -3.63. The van der Waals surface area contributed by atoms with Gasteiger partial charge in [-0.1, -0.05) is 13.8 Å². The summed E-state index contributed by atoms with van der Waals surface area (Å²) in [5.74, 6) is -3.37. The van der Waals surface area contributed by atoms with E-state index in [1.807, 2.05) is 13.8 Å². The number of H-pyrrole nitrogens is 1. The number of carboxylic acid groups (broad SMARTS) is 1. The minimum atomic E-state index is -1.53. The standard InChI is InChI=1S/C18H30N6O6/c1-9(2)4-12(17(28)24-15(10(3)25)18(29)30)23-16(27)13(22-14(26)6-19)5-11-7-20-8-21-11/h7-10,12-13,15,25H,4-6,19H2,1-3H3,(H,20,21)(H,22,26)(H,23,27)(H,24,28)(H,29,30). The van der Waals surface area contributed by atoms with E-state index in [1.165, 1.54) is 19.4 Å². The van der Waals surface area contributed by atoms with Crippen molar-refractivity contribution in [3.05, 3.63) is 18.2 Å². The Morgan fingerprint density at radius 3 is 2.20 bits per heavy atom. The lowest BCUT2D eigenvalue weighted by Gasteiger charge is -2.26. The monoisotopic (exact) mass is 426 g/mol. The SMILES string of the molecule is CC(C)CC(NC(=O)C(Cc1cnc[nH]1)NC(=O)CN)C(=O)NC(C(=O)O)C(C)O. The van der Waals surface area contributed by atoms with E-state index in [1.54, 1.807) is 0 Å². The van der Waals surface area contributed by atoms with Crippen LogP contribution >= 0.6 is 0 Å². The first-order valence-corrected chi connectivity index (χ1v) is 9.53. The summed E-state index contributed by atoms with van der Waals surface area (Å²) >= 11 is 0. The average molecular weight is 426 g/mol. The lowest BCUT2D eigenvalue weighted by Crippen LogP contribution is -2.58. The number of hydrogen-bond donors (Lipinski definition) is 7. The summed E-state index contributed by atoms with van der Waals surface area (Å²) < 4.78 is 0. The normalized spacial score (nSPS) is 15.0. The fraction of sp³-hybridized carbons (Fsp3) is 0.611. The van der Waals surface area contributed by atoms with Gasteiger partial charge in [0.05, 0.1) is 19.0 Å². The maximum Gasteiger partial charge on any atom is 0.328 e. The zero-order chi connectivity index (χ0) is 22.8. The predicted octanol–water partition coefficient (Wildman–Crippen LogP) is -2.12. The third-order valence-corrected chi connectivity index (χ3v) is 4.20. The fourth-order valence-electron chi connectivity index (χ4n) is 2.70. The molecule has 0 radical (unpaired) electrons. The molecular formula is C18H30N6O6. The van der Waals surface area contributed by atoms with Crippen molar-refractivity contribution in [3.8, 4) is 0 Å². The number of amides is 3. The second kappa shape index (κ2) is 11.9. The smallest absolute Gasteiger partial charge is 0.328 e. The van der Waals surface area contributed by atoms with Crippen LogP contribution < -0.4 is 21.7 Å². The molecule has 1 rings (SSSR count). The van der Waals surface area contributed by atoms with Crippen molar-refractivity contribution < 1.29 is 29.4 Å². The van der Waals surface area contributed by atoms with Crippen molar-refractivity contribution in [1.29, 1.82) is 0 Å². The number of aromatic amines is 1. The molecule has 1 heterocycles. The largest absolute Gasteiger partial charge is 0.480 e. The predicted molar refractivity (Wildman–Crippen MR) is 106 cm³/mol. The molecule has 0 spiro atoms. The van der Waals surface area contributed by atoms with E-state index in [9.17, 15) is 24.3 Å². The molecular weight excluding hydrogens is 396 g/mol. The summed E-state index contributed by atoms with van der Waals surface area (Å²) in [6.45, 7) is 4.57. The van der Waals surface area contributed by atoms with E-state index in [0.717, 1.165) is 0 Å². The zero-order valence-corrected chi connectivity index (χ0v) is 17.2. The summed E-state index contributed by atoms with van der Waals surface area (Å²) in [5, 5.41) is 26.0. The van der Waals surface area contributed by atoms with Crippen molar-refractivity contribution in [3.63, 3.8) is 0 Å². The molecule has 0 aliphatic carbocycles. The Bertz CT molecular complexity index is 721. The highest BCUT2D eigenvalue weighted by Gasteiger charge is 2.31. The molecule has 0 aliphatic rings. The summed E-state index contributed by atoms with van der Waals surface area (Å²) in [6.07, 6.45) is 1.88. The highest BCUT2D eigenvalue weighted by Crippen LogP contribution is 2.08. The Morgan fingerprint density at radius 2 is 1.73 bits per heavy atom. The van der Waals surface area contributed by atoms with Crippen molar-refractivity contribution in [2.24, 2.45) is 11.7 Å². The van der Waals surface area contributed by atoms with Gasteiger partial charge < -0.3 is 36.9 Å². The number of carboxylic acids is 1. The van der Waals surface area contributed by atoms with E-state index in [0.29, 0.717) is 5.69 Å². The fourth-order valence-corrected chi connectivity index (χ4v) is 2.70. The molecule has 0 aliphatic heterocycles. The molecule has 8 N–H and O–H groups in total. The first-order valence-electron chi connectivity index (χ1n) is 9.53. The number of aliphatic carboxylic acids is 1. The van der Waals surface area contributed by atoms with Gasteiger partial charge in [0.25, 0.3) is 0 Å². The number of imidazole rings is 1. The van der Waals surface area contributed by atoms with Crippen molar-refractivity contribution in [2.45, 2.75) is 57.8 Å². The topological polar surface area (TPSA) is 200 Å². The van der Waals surface area contributed by atoms with Gasteiger partial charge in [-0.2, -0.15) is 0 Å². The summed E-state index contributed by atoms with van der Waals surface area (Å²) in [4.78, 5) is 55.1. The summed E-state index contributed by atoms with van der Waals surface area (Å²) in [7, 11) is 0. The van der Waals surface area contributed by atoms with Crippen LogP contribution in [0.2, 0.25) is 0 Å². The van der Waals surface area contributed by atoms with Gasteiger partial charge in [-0.25, -0.2) is 9.78 Å². The molecule has 4 atom stereocenters. The molecule has 12 heteroatoms. The van der Waals surface area contributed by atoms with Crippen LogP contribution in [-0.2, 0) is 25.6 Å². The first-order chi connectivity index (χ1) is 14.0. The third kappa shape index (κ3) is 8.17. The highest BCUT2D eigenvalue weighted by atomic mass is 16.4. The van der Waals surface area contributed by atoms with E-state index < -0.39 is 47.9 Å². The number of aliphatic hydroxyl groups excluding tert-OH is 1. The van der Waals surface area contributed by atoms with Crippen molar-refractivity contribution in [2.75, 3.05) is 6.54 Å². The van der Waals surface area contributed by atoms with E-state index in [-0.39, 0.29) is 25.3 Å². The molecule has 0 saturated heterocycles. The molecule has 4 unspecified atom stereocenters. The highest BCUT2D eigenvalue weighted by molar-refractivity contribution is 5.93. The molecule has 0 bridgehead atoms.